The summed E-state index contributed by atoms with van der Waals surface area (Å²) >= 11 is 1.20. The molecule has 0 radical (unpaired) electrons. The van der Waals surface area contributed by atoms with Gasteiger partial charge in [-0.25, -0.2) is 9.78 Å². The second kappa shape index (κ2) is 7.15. The Morgan fingerprint density at radius 2 is 1.97 bits per heavy atom. The van der Waals surface area contributed by atoms with Crippen molar-refractivity contribution in [3.8, 4) is 0 Å². The van der Waals surface area contributed by atoms with E-state index in [1.807, 2.05) is 21.6 Å². The highest BCUT2D eigenvalue weighted by Gasteiger charge is 2.42. The smallest absolute Gasteiger partial charge is 0.330 e. The largest absolute Gasteiger partial charge is 0.350 e. The van der Waals surface area contributed by atoms with Gasteiger partial charge in [-0.1, -0.05) is 25.3 Å². The van der Waals surface area contributed by atoms with Gasteiger partial charge >= 0.3 is 5.69 Å². The van der Waals surface area contributed by atoms with E-state index in [9.17, 15) is 9.59 Å². The van der Waals surface area contributed by atoms with E-state index in [-0.39, 0.29) is 29.1 Å². The lowest BCUT2D eigenvalue weighted by atomic mass is 9.90. The Balaban J connectivity index is 1.44. The first-order valence-corrected chi connectivity index (χ1v) is 11.5. The minimum atomic E-state index is -0.0385. The van der Waals surface area contributed by atoms with E-state index in [2.05, 4.69) is 35.3 Å². The second-order valence-corrected chi connectivity index (χ2v) is 10.4. The molecule has 3 saturated heterocycles. The topological polar surface area (TPSA) is 89.2 Å². The molecule has 3 fully saturated rings. The number of hydrogen-bond donors (Lipinski definition) is 0. The number of anilines is 1. The van der Waals surface area contributed by atoms with Crippen LogP contribution in [0.2, 0.25) is 0 Å². The van der Waals surface area contributed by atoms with Gasteiger partial charge < -0.3 is 9.80 Å². The highest BCUT2D eigenvalue weighted by Crippen LogP contribution is 2.33. The van der Waals surface area contributed by atoms with Crippen molar-refractivity contribution >= 4 is 34.4 Å². The average Bonchev–Trinajstić information content (AvgIpc) is 3.36. The summed E-state index contributed by atoms with van der Waals surface area (Å²) in [6.45, 7) is 8.41. The number of nitrogens with zero attached hydrogens (tertiary/aromatic N) is 7. The van der Waals surface area contributed by atoms with E-state index >= 15 is 0 Å². The number of aryl methyl sites for hydroxylation is 1. The number of fused-ring (bicyclic) bond motifs is 4. The Bertz CT molecular complexity index is 1190. The number of piperidine rings is 2. The number of carbonyl (C=O) groups is 1. The molecule has 0 aliphatic carbocycles. The van der Waals surface area contributed by atoms with Crippen LogP contribution in [0.1, 0.15) is 44.1 Å². The molecular formula is C21H27N7O2S. The van der Waals surface area contributed by atoms with Crippen molar-refractivity contribution < 1.29 is 4.79 Å². The molecule has 3 aromatic heterocycles. The number of carbonyl (C=O) groups excluding carboxylic acids is 1. The summed E-state index contributed by atoms with van der Waals surface area (Å²) in [6.07, 6.45) is 2.00. The summed E-state index contributed by atoms with van der Waals surface area (Å²) in [5.41, 5.74) is 1.95. The zero-order chi connectivity index (χ0) is 21.9. The number of rotatable bonds is 3. The molecule has 9 nitrogen and oxygen atoms in total. The lowest BCUT2D eigenvalue weighted by Crippen LogP contribution is -2.64. The Labute approximate surface area is 184 Å². The van der Waals surface area contributed by atoms with Crippen molar-refractivity contribution in [1.29, 1.82) is 0 Å². The number of hydrogen-bond acceptors (Lipinski definition) is 7. The average molecular weight is 442 g/mol. The van der Waals surface area contributed by atoms with Crippen molar-refractivity contribution in [2.75, 3.05) is 18.0 Å². The molecular weight excluding hydrogens is 414 g/mol. The fourth-order valence-electron chi connectivity index (χ4n) is 4.81. The van der Waals surface area contributed by atoms with Crippen LogP contribution in [-0.4, -0.2) is 59.7 Å². The van der Waals surface area contributed by atoms with Gasteiger partial charge in [0.2, 0.25) is 0 Å². The van der Waals surface area contributed by atoms with E-state index in [0.29, 0.717) is 24.4 Å². The van der Waals surface area contributed by atoms with Crippen LogP contribution >= 0.6 is 11.5 Å². The maximum atomic E-state index is 12.8. The minimum Gasteiger partial charge on any atom is -0.350 e. The zero-order valence-corrected chi connectivity index (χ0v) is 19.1. The van der Waals surface area contributed by atoms with Crippen molar-refractivity contribution in [2.45, 2.75) is 52.2 Å². The monoisotopic (exact) mass is 441 g/mol. The Morgan fingerprint density at radius 3 is 2.61 bits per heavy atom. The van der Waals surface area contributed by atoms with Gasteiger partial charge in [0, 0.05) is 44.1 Å². The highest BCUT2D eigenvalue weighted by molar-refractivity contribution is 7.03. The molecule has 6 rings (SSSR count). The molecule has 3 aromatic rings. The lowest BCUT2D eigenvalue weighted by Gasteiger charge is -2.51. The molecule has 2 atom stereocenters. The van der Waals surface area contributed by atoms with Crippen molar-refractivity contribution in [3.63, 3.8) is 0 Å². The SMILES string of the molecule is Cn1c(=O)n(CC(C)(C)C)c2ccc(N3C[C@@H]4CC[C@H]3CN4C(=O)c3csnn3)nc21. The molecule has 2 bridgehead atoms. The van der Waals surface area contributed by atoms with Crippen molar-refractivity contribution in [2.24, 2.45) is 12.5 Å². The van der Waals surface area contributed by atoms with E-state index in [4.69, 9.17) is 4.98 Å². The fourth-order valence-corrected chi connectivity index (χ4v) is 5.24. The molecule has 164 valence electrons. The van der Waals surface area contributed by atoms with Gasteiger partial charge in [-0.2, -0.15) is 0 Å². The molecule has 0 spiro atoms. The third-order valence-electron chi connectivity index (χ3n) is 6.26. The third kappa shape index (κ3) is 3.42. The van der Waals surface area contributed by atoms with Crippen LogP contribution in [0, 0.1) is 5.41 Å². The van der Waals surface area contributed by atoms with E-state index in [1.165, 1.54) is 11.5 Å². The van der Waals surface area contributed by atoms with E-state index in [1.54, 1.807) is 17.0 Å². The standard InChI is InChI=1S/C21H27N7O2S/c1-21(2,3)12-28-16-7-8-17(22-18(16)25(4)20(28)30)26-9-14-6-5-13(26)10-27(14)19(29)15-11-31-24-23-15/h7-8,11,13-14H,5-6,9-10,12H2,1-4H3/t13-,14-/m0/s1. The summed E-state index contributed by atoms with van der Waals surface area (Å²) in [7, 11) is 1.78. The normalized spacial score (nSPS) is 21.3. The highest BCUT2D eigenvalue weighted by atomic mass is 32.1. The Morgan fingerprint density at radius 1 is 1.19 bits per heavy atom. The van der Waals surface area contributed by atoms with Crippen LogP contribution in [0.3, 0.4) is 0 Å². The van der Waals surface area contributed by atoms with E-state index in [0.717, 1.165) is 30.7 Å². The molecule has 0 unspecified atom stereocenters. The first-order valence-electron chi connectivity index (χ1n) is 10.6. The van der Waals surface area contributed by atoms with Crippen LogP contribution in [0.4, 0.5) is 5.82 Å². The summed E-state index contributed by atoms with van der Waals surface area (Å²) in [5.74, 6) is 0.835. The maximum Gasteiger partial charge on any atom is 0.330 e. The maximum absolute atomic E-state index is 12.8. The molecule has 31 heavy (non-hydrogen) atoms. The quantitative estimate of drug-likeness (QED) is 0.619. The van der Waals surface area contributed by atoms with Gasteiger partial charge in [0.25, 0.3) is 5.91 Å². The van der Waals surface area contributed by atoms with Crippen LogP contribution in [0.25, 0.3) is 11.2 Å². The molecule has 0 N–H and O–H groups in total. The molecule has 6 heterocycles. The molecule has 1 amide bonds. The number of aromatic nitrogens is 5. The van der Waals surface area contributed by atoms with Crippen LogP contribution in [0.15, 0.2) is 22.3 Å². The zero-order valence-electron chi connectivity index (χ0n) is 18.3. The Kier molecular flexibility index (Phi) is 4.65. The van der Waals surface area contributed by atoms with Gasteiger partial charge in [-0.15, -0.1) is 5.10 Å². The number of imidazole rings is 1. The van der Waals surface area contributed by atoms with Gasteiger partial charge in [0.15, 0.2) is 11.3 Å². The van der Waals surface area contributed by atoms with Gasteiger partial charge in [-0.3, -0.25) is 13.9 Å². The Hall–Kier alpha value is -2.75. The molecule has 3 aliphatic heterocycles. The van der Waals surface area contributed by atoms with Crippen molar-refractivity contribution in [3.05, 3.63) is 33.7 Å². The second-order valence-electron chi connectivity index (χ2n) is 9.79. The predicted octanol–water partition coefficient (Wildman–Crippen LogP) is 2.13. The van der Waals surface area contributed by atoms with Crippen LogP contribution < -0.4 is 10.6 Å². The molecule has 0 aromatic carbocycles. The summed E-state index contributed by atoms with van der Waals surface area (Å²) < 4.78 is 7.28. The number of pyridine rings is 1. The molecule has 10 heteroatoms. The minimum absolute atomic E-state index is 0.00830. The lowest BCUT2D eigenvalue weighted by molar-refractivity contribution is 0.0498. The van der Waals surface area contributed by atoms with Crippen LogP contribution in [-0.2, 0) is 13.6 Å². The first kappa shape index (κ1) is 20.2. The number of piperazine rings is 1. The van der Waals surface area contributed by atoms with Crippen molar-refractivity contribution in [1.82, 2.24) is 28.6 Å². The predicted molar refractivity (Wildman–Crippen MR) is 120 cm³/mol. The summed E-state index contributed by atoms with van der Waals surface area (Å²) in [5, 5.41) is 5.66. The van der Waals surface area contributed by atoms with Gasteiger partial charge in [-0.05, 0) is 41.9 Å². The first-order chi connectivity index (χ1) is 14.7. The molecule has 0 saturated carbocycles. The molecule has 3 aliphatic rings. The fraction of sp³-hybridized carbons (Fsp3) is 0.571. The van der Waals surface area contributed by atoms with E-state index < -0.39 is 0 Å². The van der Waals surface area contributed by atoms with Gasteiger partial charge in [0.05, 0.1) is 5.52 Å². The summed E-state index contributed by atoms with van der Waals surface area (Å²) in [4.78, 5) is 34.8. The summed E-state index contributed by atoms with van der Waals surface area (Å²) in [6, 6.07) is 4.36. The number of amides is 1. The van der Waals surface area contributed by atoms with Crippen LogP contribution in [0.5, 0.6) is 0 Å². The third-order valence-corrected chi connectivity index (χ3v) is 6.77. The van der Waals surface area contributed by atoms with Gasteiger partial charge in [0.1, 0.15) is 5.82 Å².